The standard InChI is InChI=1S/C7H14.C3H9B/c1-4-5-6-7(2)3;1-4(2)3/h4,7H,1,5-6H2,2-3H3;1-3H3. The molecular weight excluding hydrogens is 131 g/mol. The van der Waals surface area contributed by atoms with Crippen LogP contribution in [0.4, 0.5) is 0 Å². The normalized spacial score (nSPS) is 8.55. The molecule has 0 nitrogen and oxygen atoms in total. The monoisotopic (exact) mass is 154 g/mol. The molecule has 0 aliphatic carbocycles. The Hall–Kier alpha value is -0.195. The largest absolute Gasteiger partial charge is 0.130 e. The fourth-order valence-corrected chi connectivity index (χ4v) is 0.451. The van der Waals surface area contributed by atoms with Gasteiger partial charge in [0, 0.05) is 0 Å². The minimum Gasteiger partial charge on any atom is -0.103 e. The van der Waals surface area contributed by atoms with Crippen molar-refractivity contribution in [2.45, 2.75) is 47.2 Å². The summed E-state index contributed by atoms with van der Waals surface area (Å²) in [5, 5.41) is 0. The molecule has 0 saturated carbocycles. The molecule has 0 aliphatic heterocycles. The smallest absolute Gasteiger partial charge is 0.103 e. The molecule has 0 amide bonds. The Morgan fingerprint density at radius 3 is 1.73 bits per heavy atom. The molecule has 0 saturated heterocycles. The van der Waals surface area contributed by atoms with Gasteiger partial charge in [0.2, 0.25) is 0 Å². The zero-order valence-corrected chi connectivity index (χ0v) is 8.85. The first-order chi connectivity index (χ1) is 5.00. The second-order valence-electron chi connectivity index (χ2n) is 3.99. The van der Waals surface area contributed by atoms with E-state index in [4.69, 9.17) is 0 Å². The average molecular weight is 154 g/mol. The summed E-state index contributed by atoms with van der Waals surface area (Å²) < 4.78 is 0. The Bertz CT molecular complexity index is 72.2. The third-order valence-electron chi connectivity index (χ3n) is 0.948. The molecule has 0 N–H and O–H groups in total. The molecule has 1 heteroatoms. The van der Waals surface area contributed by atoms with Crippen molar-refractivity contribution in [1.29, 1.82) is 0 Å². The lowest BCUT2D eigenvalue weighted by Crippen LogP contribution is -1.84. The zero-order valence-electron chi connectivity index (χ0n) is 8.85. The Balaban J connectivity index is 0. The SMILES string of the molecule is C=CCCC(C)C.CB(C)C. The molecule has 0 spiro atoms. The summed E-state index contributed by atoms with van der Waals surface area (Å²) in [4.78, 5) is 0. The Morgan fingerprint density at radius 2 is 1.64 bits per heavy atom. The molecule has 0 radical (unpaired) electrons. The molecule has 0 heterocycles. The third kappa shape index (κ3) is 41.3. The van der Waals surface area contributed by atoms with E-state index in [1.807, 2.05) is 6.08 Å². The molecule has 11 heavy (non-hydrogen) atoms. The van der Waals surface area contributed by atoms with E-state index in [2.05, 4.69) is 40.9 Å². The molecule has 0 fully saturated rings. The minimum absolute atomic E-state index is 0.831. The second-order valence-corrected chi connectivity index (χ2v) is 3.99. The number of hydrogen-bond donors (Lipinski definition) is 0. The highest BCUT2D eigenvalue weighted by atomic mass is 13.9. The highest BCUT2D eigenvalue weighted by Gasteiger charge is 1.87. The van der Waals surface area contributed by atoms with E-state index in [1.165, 1.54) is 6.42 Å². The van der Waals surface area contributed by atoms with Gasteiger partial charge >= 0.3 is 0 Å². The van der Waals surface area contributed by atoms with Gasteiger partial charge < -0.3 is 0 Å². The van der Waals surface area contributed by atoms with Gasteiger partial charge in [0.25, 0.3) is 0 Å². The molecule has 0 bridgehead atoms. The van der Waals surface area contributed by atoms with E-state index in [1.54, 1.807) is 0 Å². The first kappa shape index (κ1) is 13.4. The van der Waals surface area contributed by atoms with Gasteiger partial charge in [-0.1, -0.05) is 40.4 Å². The van der Waals surface area contributed by atoms with Crippen molar-refractivity contribution < 1.29 is 0 Å². The molecule has 66 valence electrons. The first-order valence-corrected chi connectivity index (χ1v) is 4.61. The van der Waals surface area contributed by atoms with E-state index in [9.17, 15) is 0 Å². The molecule has 0 unspecified atom stereocenters. The molecule has 0 aromatic heterocycles. The Kier molecular flexibility index (Phi) is 11.9. The molecule has 0 aromatic rings. The third-order valence-corrected chi connectivity index (χ3v) is 0.948. The van der Waals surface area contributed by atoms with Crippen LogP contribution in [-0.4, -0.2) is 6.71 Å². The van der Waals surface area contributed by atoms with Crippen molar-refractivity contribution in [3.05, 3.63) is 12.7 Å². The van der Waals surface area contributed by atoms with Gasteiger partial charge in [-0.05, 0) is 18.8 Å². The summed E-state index contributed by atoms with van der Waals surface area (Å²) in [5.74, 6) is 0.831. The van der Waals surface area contributed by atoms with Gasteiger partial charge in [-0.2, -0.15) is 0 Å². The maximum absolute atomic E-state index is 3.63. The van der Waals surface area contributed by atoms with Crippen molar-refractivity contribution >= 4 is 6.71 Å². The first-order valence-electron chi connectivity index (χ1n) is 4.61. The topological polar surface area (TPSA) is 0 Å². The van der Waals surface area contributed by atoms with E-state index in [0.29, 0.717) is 0 Å². The van der Waals surface area contributed by atoms with Crippen LogP contribution in [0.2, 0.25) is 20.5 Å². The van der Waals surface area contributed by atoms with E-state index in [-0.39, 0.29) is 0 Å². The van der Waals surface area contributed by atoms with E-state index in [0.717, 1.165) is 19.1 Å². The lowest BCUT2D eigenvalue weighted by molar-refractivity contribution is 0.595. The molecule has 0 aliphatic rings. The van der Waals surface area contributed by atoms with Gasteiger partial charge in [0.1, 0.15) is 6.71 Å². The van der Waals surface area contributed by atoms with Crippen LogP contribution in [0.5, 0.6) is 0 Å². The summed E-state index contributed by atoms with van der Waals surface area (Å²) >= 11 is 0. The van der Waals surface area contributed by atoms with Crippen LogP contribution in [0.1, 0.15) is 26.7 Å². The number of rotatable bonds is 3. The number of hydrogen-bond acceptors (Lipinski definition) is 0. The van der Waals surface area contributed by atoms with Crippen LogP contribution in [-0.2, 0) is 0 Å². The van der Waals surface area contributed by atoms with Crippen molar-refractivity contribution in [1.82, 2.24) is 0 Å². The molecule has 0 aromatic carbocycles. The van der Waals surface area contributed by atoms with Crippen LogP contribution >= 0.6 is 0 Å². The molecule has 0 atom stereocenters. The van der Waals surface area contributed by atoms with E-state index < -0.39 is 0 Å². The zero-order chi connectivity index (χ0) is 9.28. The predicted molar refractivity (Wildman–Crippen MR) is 57.6 cm³/mol. The summed E-state index contributed by atoms with van der Waals surface area (Å²) in [6, 6.07) is 0. The number of allylic oxidation sites excluding steroid dienone is 1. The summed E-state index contributed by atoms with van der Waals surface area (Å²) in [6.07, 6.45) is 4.42. The van der Waals surface area contributed by atoms with Gasteiger partial charge in [-0.25, -0.2) is 0 Å². The van der Waals surface area contributed by atoms with Crippen LogP contribution in [0.25, 0.3) is 0 Å². The van der Waals surface area contributed by atoms with Crippen LogP contribution in [0.15, 0.2) is 12.7 Å². The maximum atomic E-state index is 3.63. The Morgan fingerprint density at radius 1 is 1.27 bits per heavy atom. The minimum atomic E-state index is 0.831. The average Bonchev–Trinajstić information content (AvgIpc) is 1.82. The van der Waals surface area contributed by atoms with Crippen molar-refractivity contribution in [3.8, 4) is 0 Å². The molecule has 0 rings (SSSR count). The highest BCUT2D eigenvalue weighted by Crippen LogP contribution is 2.02. The van der Waals surface area contributed by atoms with Crippen LogP contribution in [0.3, 0.4) is 0 Å². The fraction of sp³-hybridized carbons (Fsp3) is 0.800. The van der Waals surface area contributed by atoms with Crippen molar-refractivity contribution in [2.24, 2.45) is 5.92 Å². The summed E-state index contributed by atoms with van der Waals surface area (Å²) in [5.41, 5.74) is 0. The quantitative estimate of drug-likeness (QED) is 0.426. The van der Waals surface area contributed by atoms with Crippen LogP contribution < -0.4 is 0 Å². The second kappa shape index (κ2) is 9.80. The summed E-state index contributed by atoms with van der Waals surface area (Å²) in [7, 11) is 0. The lowest BCUT2D eigenvalue weighted by Gasteiger charge is -1.96. The fourth-order valence-electron chi connectivity index (χ4n) is 0.451. The lowest BCUT2D eigenvalue weighted by atomic mass is 9.58. The molecular formula is C10H23B. The van der Waals surface area contributed by atoms with Gasteiger partial charge in [0.15, 0.2) is 0 Å². The van der Waals surface area contributed by atoms with E-state index >= 15 is 0 Å². The summed E-state index contributed by atoms with van der Waals surface area (Å²) in [6.45, 7) is 15.4. The van der Waals surface area contributed by atoms with Crippen LogP contribution in [0, 0.1) is 5.92 Å². The predicted octanol–water partition coefficient (Wildman–Crippen LogP) is 3.98. The van der Waals surface area contributed by atoms with Crippen molar-refractivity contribution in [2.75, 3.05) is 0 Å². The van der Waals surface area contributed by atoms with Gasteiger partial charge in [0.05, 0.1) is 0 Å². The maximum Gasteiger partial charge on any atom is 0.130 e. The highest BCUT2D eigenvalue weighted by molar-refractivity contribution is 6.54. The Labute approximate surface area is 73.2 Å². The van der Waals surface area contributed by atoms with Gasteiger partial charge in [-0.15, -0.1) is 6.58 Å². The van der Waals surface area contributed by atoms with Crippen molar-refractivity contribution in [3.63, 3.8) is 0 Å². The van der Waals surface area contributed by atoms with Gasteiger partial charge in [-0.3, -0.25) is 0 Å².